The van der Waals surface area contributed by atoms with Gasteiger partial charge in [0.1, 0.15) is 12.1 Å². The molecule has 0 amide bonds. The number of aldehydes is 1. The van der Waals surface area contributed by atoms with Gasteiger partial charge >= 0.3 is 0 Å². The maximum absolute atomic E-state index is 12.5. The molecule has 4 aliphatic rings. The summed E-state index contributed by atoms with van der Waals surface area (Å²) in [6.45, 7) is 8.83. The maximum Gasteiger partial charge on any atom is 0.133 e. The molecule has 4 nitrogen and oxygen atoms in total. The van der Waals surface area contributed by atoms with Crippen LogP contribution in [-0.4, -0.2) is 34.5 Å². The fourth-order valence-electron chi connectivity index (χ4n) is 8.52. The quantitative estimate of drug-likeness (QED) is 0.472. The Kier molecular flexibility index (Phi) is 6.28. The fraction of sp³-hybridized carbons (Fsp3) is 0.852. The Labute approximate surface area is 187 Å². The van der Waals surface area contributed by atoms with Crippen molar-refractivity contribution in [2.45, 2.75) is 97.7 Å². The van der Waals surface area contributed by atoms with E-state index in [0.29, 0.717) is 36.5 Å². The van der Waals surface area contributed by atoms with Crippen molar-refractivity contribution in [1.82, 2.24) is 0 Å². The van der Waals surface area contributed by atoms with Gasteiger partial charge in [-0.2, -0.15) is 0 Å². The molecule has 0 saturated heterocycles. The molecule has 0 spiro atoms. The van der Waals surface area contributed by atoms with Crippen LogP contribution in [0.25, 0.3) is 0 Å². The Morgan fingerprint density at radius 3 is 2.58 bits per heavy atom. The van der Waals surface area contributed by atoms with E-state index in [1.165, 1.54) is 6.42 Å². The Hall–Kier alpha value is -1.00. The summed E-state index contributed by atoms with van der Waals surface area (Å²) in [7, 11) is 0. The van der Waals surface area contributed by atoms with E-state index >= 15 is 0 Å². The van der Waals surface area contributed by atoms with Crippen LogP contribution in [0.5, 0.6) is 0 Å². The van der Waals surface area contributed by atoms with Crippen molar-refractivity contribution in [2.24, 2.45) is 46.3 Å². The van der Waals surface area contributed by atoms with E-state index < -0.39 is 0 Å². The van der Waals surface area contributed by atoms with Crippen molar-refractivity contribution in [3.63, 3.8) is 0 Å². The van der Waals surface area contributed by atoms with Gasteiger partial charge in [-0.25, -0.2) is 0 Å². The lowest BCUT2D eigenvalue weighted by Crippen LogP contribution is -2.53. The highest BCUT2D eigenvalue weighted by molar-refractivity contribution is 5.81. The number of ketones is 1. The second-order valence-electron chi connectivity index (χ2n) is 12.1. The van der Waals surface area contributed by atoms with Crippen LogP contribution in [-0.2, 0) is 9.59 Å². The highest BCUT2D eigenvalue weighted by atomic mass is 16.3. The highest BCUT2D eigenvalue weighted by Gasteiger charge is 2.59. The SMILES string of the molecule is CC(C=O)CC(=O)C[C@@H](C)[C@H]1CC[C@H]2[C@@H]3C[C@H](O)[C@H]4C[C@@H](O)CC[C@]4(C)C3=CC[C@]12C. The lowest BCUT2D eigenvalue weighted by Gasteiger charge is -2.58. The first-order chi connectivity index (χ1) is 14.6. The third-order valence-corrected chi connectivity index (χ3v) is 10.1. The number of hydrogen-bond acceptors (Lipinski definition) is 4. The number of carbonyl (C=O) groups excluding carboxylic acids is 2. The van der Waals surface area contributed by atoms with Gasteiger partial charge in [-0.15, -0.1) is 0 Å². The summed E-state index contributed by atoms with van der Waals surface area (Å²) in [6, 6.07) is 0. The maximum atomic E-state index is 12.5. The van der Waals surface area contributed by atoms with Gasteiger partial charge in [0, 0.05) is 18.8 Å². The van der Waals surface area contributed by atoms with E-state index in [4.69, 9.17) is 0 Å². The third-order valence-electron chi connectivity index (χ3n) is 10.1. The minimum Gasteiger partial charge on any atom is -0.393 e. The van der Waals surface area contributed by atoms with Crippen LogP contribution < -0.4 is 0 Å². The minimum atomic E-state index is -0.327. The number of Topliss-reactive ketones (excluding diaryl/α,β-unsaturated/α-hetero) is 1. The Morgan fingerprint density at radius 2 is 1.87 bits per heavy atom. The molecule has 1 unspecified atom stereocenters. The number of aliphatic hydroxyl groups is 2. The van der Waals surface area contributed by atoms with Gasteiger partial charge in [0.15, 0.2) is 0 Å². The summed E-state index contributed by atoms with van der Waals surface area (Å²) in [6.07, 6.45) is 10.5. The van der Waals surface area contributed by atoms with Gasteiger partial charge in [0.2, 0.25) is 0 Å². The molecule has 4 aliphatic carbocycles. The van der Waals surface area contributed by atoms with E-state index in [1.54, 1.807) is 5.57 Å². The number of aliphatic hydroxyl groups excluding tert-OH is 2. The molecule has 4 heteroatoms. The summed E-state index contributed by atoms with van der Waals surface area (Å²) in [4.78, 5) is 23.4. The molecule has 174 valence electrons. The van der Waals surface area contributed by atoms with Crippen molar-refractivity contribution in [3.8, 4) is 0 Å². The average Bonchev–Trinajstić information content (AvgIpc) is 3.06. The summed E-state index contributed by atoms with van der Waals surface area (Å²) >= 11 is 0. The van der Waals surface area contributed by atoms with Crippen LogP contribution >= 0.6 is 0 Å². The van der Waals surface area contributed by atoms with Crippen molar-refractivity contribution >= 4 is 12.1 Å². The molecule has 3 saturated carbocycles. The molecule has 3 fully saturated rings. The van der Waals surface area contributed by atoms with Crippen LogP contribution in [0.1, 0.15) is 85.5 Å². The first kappa shape index (κ1) is 23.2. The number of allylic oxidation sites excluding steroid dienone is 2. The molecule has 0 aromatic rings. The van der Waals surface area contributed by atoms with Crippen LogP contribution in [0.4, 0.5) is 0 Å². The van der Waals surface area contributed by atoms with Gasteiger partial charge < -0.3 is 15.0 Å². The molecule has 0 aromatic heterocycles. The first-order valence-corrected chi connectivity index (χ1v) is 12.6. The Bertz CT molecular complexity index is 744. The molecule has 0 radical (unpaired) electrons. The second kappa shape index (κ2) is 8.41. The first-order valence-electron chi connectivity index (χ1n) is 12.6. The number of carbonyl (C=O) groups is 2. The zero-order valence-electron chi connectivity index (χ0n) is 19.8. The molecular formula is C27H42O4. The van der Waals surface area contributed by atoms with E-state index in [1.807, 2.05) is 6.92 Å². The highest BCUT2D eigenvalue weighted by Crippen LogP contribution is 2.66. The largest absolute Gasteiger partial charge is 0.393 e. The predicted molar refractivity (Wildman–Crippen MR) is 121 cm³/mol. The van der Waals surface area contributed by atoms with Gasteiger partial charge in [0.25, 0.3) is 0 Å². The van der Waals surface area contributed by atoms with Crippen LogP contribution in [0.2, 0.25) is 0 Å². The summed E-state index contributed by atoms with van der Waals surface area (Å²) in [5.41, 5.74) is 1.77. The summed E-state index contributed by atoms with van der Waals surface area (Å²) in [5.74, 6) is 2.07. The van der Waals surface area contributed by atoms with Crippen LogP contribution in [0.15, 0.2) is 11.6 Å². The molecule has 0 aromatic carbocycles. The van der Waals surface area contributed by atoms with Crippen molar-refractivity contribution in [1.29, 1.82) is 0 Å². The van der Waals surface area contributed by atoms with Gasteiger partial charge in [0.05, 0.1) is 12.2 Å². The molecule has 0 aliphatic heterocycles. The molecule has 10 atom stereocenters. The summed E-state index contributed by atoms with van der Waals surface area (Å²) in [5, 5.41) is 21.3. The van der Waals surface area contributed by atoms with E-state index in [2.05, 4.69) is 26.8 Å². The Morgan fingerprint density at radius 1 is 1.13 bits per heavy atom. The van der Waals surface area contributed by atoms with Gasteiger partial charge in [-0.3, -0.25) is 4.79 Å². The Balaban J connectivity index is 1.54. The van der Waals surface area contributed by atoms with Crippen molar-refractivity contribution in [3.05, 3.63) is 11.6 Å². The zero-order valence-corrected chi connectivity index (χ0v) is 19.8. The van der Waals surface area contributed by atoms with Crippen molar-refractivity contribution in [2.75, 3.05) is 0 Å². The van der Waals surface area contributed by atoms with Crippen LogP contribution in [0, 0.1) is 46.3 Å². The fourth-order valence-corrected chi connectivity index (χ4v) is 8.52. The zero-order chi connectivity index (χ0) is 22.6. The second-order valence-corrected chi connectivity index (χ2v) is 12.1. The minimum absolute atomic E-state index is 0.0214. The molecule has 2 N–H and O–H groups in total. The monoisotopic (exact) mass is 430 g/mol. The topological polar surface area (TPSA) is 74.6 Å². The lowest BCUT2D eigenvalue weighted by atomic mass is 9.47. The number of hydrogen-bond donors (Lipinski definition) is 2. The standard InChI is InChI=1S/C27H42O4/c1-16(15-28)11-19(30)12-17(2)21-5-6-22-20-14-25(31)24-13-18(29)7-9-27(24,4)23(20)8-10-26(21,22)3/h8,15-18,20-22,24-25,29,31H,5-7,9-14H2,1-4H3/t16?,17-,18+,20+,21-,22+,24-,25+,26-,27-/m1/s1. The summed E-state index contributed by atoms with van der Waals surface area (Å²) < 4.78 is 0. The third kappa shape index (κ3) is 3.86. The van der Waals surface area contributed by atoms with E-state index in [0.717, 1.165) is 44.8 Å². The molecule has 31 heavy (non-hydrogen) atoms. The van der Waals surface area contributed by atoms with Crippen LogP contribution in [0.3, 0.4) is 0 Å². The van der Waals surface area contributed by atoms with E-state index in [-0.39, 0.29) is 40.7 Å². The molecular weight excluding hydrogens is 388 g/mol. The van der Waals surface area contributed by atoms with Crippen molar-refractivity contribution < 1.29 is 19.8 Å². The van der Waals surface area contributed by atoms with Gasteiger partial charge in [-0.05, 0) is 85.4 Å². The van der Waals surface area contributed by atoms with Gasteiger partial charge in [-0.1, -0.05) is 39.3 Å². The molecule has 0 bridgehead atoms. The van der Waals surface area contributed by atoms with E-state index in [9.17, 15) is 19.8 Å². The average molecular weight is 431 g/mol. The number of fused-ring (bicyclic) bond motifs is 5. The smallest absolute Gasteiger partial charge is 0.133 e. The lowest BCUT2D eigenvalue weighted by molar-refractivity contribution is -0.123. The molecule has 0 heterocycles. The predicted octanol–water partition coefficient (Wildman–Crippen LogP) is 4.72. The number of rotatable bonds is 6. The normalized spacial score (nSPS) is 46.2. The molecule has 4 rings (SSSR count).